The summed E-state index contributed by atoms with van der Waals surface area (Å²) < 4.78 is 2.05. The maximum absolute atomic E-state index is 13.0. The summed E-state index contributed by atoms with van der Waals surface area (Å²) in [7, 11) is 0. The average Bonchev–Trinajstić information content (AvgIpc) is 3.38. The Balaban J connectivity index is 1.21. The van der Waals surface area contributed by atoms with Gasteiger partial charge >= 0.3 is 0 Å². The van der Waals surface area contributed by atoms with Crippen molar-refractivity contribution >= 4 is 22.8 Å². The molecular formula is C20H23N7O2. The van der Waals surface area contributed by atoms with E-state index < -0.39 is 0 Å². The van der Waals surface area contributed by atoms with Gasteiger partial charge in [0.25, 0.3) is 5.91 Å². The molecule has 1 unspecified atom stereocenters. The maximum atomic E-state index is 13.0. The van der Waals surface area contributed by atoms with Crippen LogP contribution in [0.25, 0.3) is 11.0 Å². The largest absolute Gasteiger partial charge is 0.345 e. The second kappa shape index (κ2) is 6.98. The van der Waals surface area contributed by atoms with E-state index in [0.717, 1.165) is 35.5 Å². The Kier molecular flexibility index (Phi) is 4.30. The highest BCUT2D eigenvalue weighted by Crippen LogP contribution is 2.23. The van der Waals surface area contributed by atoms with E-state index in [1.54, 1.807) is 6.33 Å². The molecule has 2 aliphatic rings. The first kappa shape index (κ1) is 17.8. The van der Waals surface area contributed by atoms with Crippen molar-refractivity contribution in [3.05, 3.63) is 41.7 Å². The number of fused-ring (bicyclic) bond motifs is 2. The van der Waals surface area contributed by atoms with Crippen molar-refractivity contribution in [2.45, 2.75) is 26.3 Å². The molecule has 1 atom stereocenters. The molecule has 5 rings (SSSR count). The molecule has 2 aromatic heterocycles. The van der Waals surface area contributed by atoms with Gasteiger partial charge in [0.05, 0.1) is 23.3 Å². The molecule has 0 spiro atoms. The monoisotopic (exact) mass is 393 g/mol. The number of H-pyrrole nitrogens is 1. The molecule has 0 aliphatic carbocycles. The van der Waals surface area contributed by atoms with Crippen LogP contribution in [0.5, 0.6) is 0 Å². The Morgan fingerprint density at radius 1 is 1.10 bits per heavy atom. The zero-order valence-corrected chi connectivity index (χ0v) is 16.3. The normalized spacial score (nSPS) is 19.4. The van der Waals surface area contributed by atoms with Crippen LogP contribution in [0.3, 0.4) is 0 Å². The number of nitrogens with zero attached hydrogens (tertiary/aromatic N) is 6. The van der Waals surface area contributed by atoms with Crippen LogP contribution >= 0.6 is 0 Å². The van der Waals surface area contributed by atoms with Crippen molar-refractivity contribution in [1.29, 1.82) is 0 Å². The first-order valence-corrected chi connectivity index (χ1v) is 10.00. The van der Waals surface area contributed by atoms with Gasteiger partial charge in [0.1, 0.15) is 11.6 Å². The standard InChI is InChI=1S/C20H23N7O2/c1-13-23-24-18-5-3-15(11-27(13)18)20(29)26-8-6-25(7-9-26)19(28)14-2-4-16-17(10-14)22-12-21-16/h2,4,10,12,15H,3,5-9,11H2,1H3,(H,21,22). The highest BCUT2D eigenvalue weighted by atomic mass is 16.2. The molecule has 1 aromatic carbocycles. The summed E-state index contributed by atoms with van der Waals surface area (Å²) in [5.74, 6) is 1.96. The van der Waals surface area contributed by atoms with Crippen molar-refractivity contribution in [3.63, 3.8) is 0 Å². The minimum atomic E-state index is -0.0396. The van der Waals surface area contributed by atoms with Gasteiger partial charge in [0, 0.05) is 44.7 Å². The van der Waals surface area contributed by atoms with Gasteiger partial charge in [-0.2, -0.15) is 0 Å². The van der Waals surface area contributed by atoms with Crippen LogP contribution in [-0.2, 0) is 17.8 Å². The lowest BCUT2D eigenvalue weighted by Crippen LogP contribution is -2.52. The fourth-order valence-electron chi connectivity index (χ4n) is 4.30. The van der Waals surface area contributed by atoms with Crippen molar-refractivity contribution in [2.75, 3.05) is 26.2 Å². The van der Waals surface area contributed by atoms with Gasteiger partial charge < -0.3 is 19.4 Å². The van der Waals surface area contributed by atoms with Crippen LogP contribution in [0.1, 0.15) is 28.4 Å². The van der Waals surface area contributed by atoms with Crippen molar-refractivity contribution < 1.29 is 9.59 Å². The third-order valence-corrected chi connectivity index (χ3v) is 6.03. The van der Waals surface area contributed by atoms with E-state index in [1.165, 1.54) is 0 Å². The summed E-state index contributed by atoms with van der Waals surface area (Å²) in [6, 6.07) is 5.50. The predicted octanol–water partition coefficient (Wildman–Crippen LogP) is 1.01. The predicted molar refractivity (Wildman–Crippen MR) is 105 cm³/mol. The van der Waals surface area contributed by atoms with Gasteiger partial charge in [0.15, 0.2) is 0 Å². The van der Waals surface area contributed by atoms with Crippen LogP contribution in [0, 0.1) is 12.8 Å². The first-order chi connectivity index (χ1) is 14.1. The highest BCUT2D eigenvalue weighted by molar-refractivity contribution is 5.97. The van der Waals surface area contributed by atoms with E-state index in [9.17, 15) is 9.59 Å². The van der Waals surface area contributed by atoms with Gasteiger partial charge in [-0.3, -0.25) is 9.59 Å². The second-order valence-electron chi connectivity index (χ2n) is 7.76. The smallest absolute Gasteiger partial charge is 0.254 e. The van der Waals surface area contributed by atoms with Crippen LogP contribution in [0.2, 0.25) is 0 Å². The number of benzene rings is 1. The third kappa shape index (κ3) is 3.16. The van der Waals surface area contributed by atoms with Crippen LogP contribution in [0.15, 0.2) is 24.5 Å². The zero-order valence-electron chi connectivity index (χ0n) is 16.3. The molecule has 9 nitrogen and oxygen atoms in total. The topological polar surface area (TPSA) is 100 Å². The average molecular weight is 393 g/mol. The number of aromatic amines is 1. The Morgan fingerprint density at radius 2 is 1.90 bits per heavy atom. The molecule has 0 saturated carbocycles. The van der Waals surface area contributed by atoms with Gasteiger partial charge in [-0.05, 0) is 31.5 Å². The van der Waals surface area contributed by atoms with E-state index in [-0.39, 0.29) is 17.7 Å². The molecule has 2 aliphatic heterocycles. The number of imidazole rings is 1. The Hall–Kier alpha value is -3.23. The van der Waals surface area contributed by atoms with Gasteiger partial charge in [-0.1, -0.05) is 0 Å². The number of carbonyl (C=O) groups is 2. The number of aryl methyl sites for hydroxylation is 2. The SMILES string of the molecule is Cc1nnc2n1CC(C(=O)N1CCN(C(=O)c3ccc4nc[nH]c4c3)CC1)CC2. The number of hydrogen-bond acceptors (Lipinski definition) is 5. The summed E-state index contributed by atoms with van der Waals surface area (Å²) in [5, 5.41) is 8.29. The second-order valence-corrected chi connectivity index (χ2v) is 7.76. The molecule has 1 N–H and O–H groups in total. The minimum absolute atomic E-state index is 0.00368. The Morgan fingerprint density at radius 3 is 2.72 bits per heavy atom. The van der Waals surface area contributed by atoms with Crippen LogP contribution in [0.4, 0.5) is 0 Å². The van der Waals surface area contributed by atoms with E-state index in [1.807, 2.05) is 34.9 Å². The lowest BCUT2D eigenvalue weighted by molar-refractivity contribution is -0.138. The van der Waals surface area contributed by atoms with E-state index in [4.69, 9.17) is 0 Å². The van der Waals surface area contributed by atoms with Crippen LogP contribution < -0.4 is 0 Å². The summed E-state index contributed by atoms with van der Waals surface area (Å²) >= 11 is 0. The number of aromatic nitrogens is 5. The quantitative estimate of drug-likeness (QED) is 0.700. The fraction of sp³-hybridized carbons (Fsp3) is 0.450. The lowest BCUT2D eigenvalue weighted by Gasteiger charge is -2.37. The highest BCUT2D eigenvalue weighted by Gasteiger charge is 2.32. The fourth-order valence-corrected chi connectivity index (χ4v) is 4.30. The van der Waals surface area contributed by atoms with Crippen molar-refractivity contribution in [3.8, 4) is 0 Å². The first-order valence-electron chi connectivity index (χ1n) is 10.00. The van der Waals surface area contributed by atoms with Crippen molar-refractivity contribution in [2.24, 2.45) is 5.92 Å². The number of nitrogens with one attached hydrogen (secondary N) is 1. The number of piperazine rings is 1. The van der Waals surface area contributed by atoms with Crippen molar-refractivity contribution in [1.82, 2.24) is 34.5 Å². The molecule has 29 heavy (non-hydrogen) atoms. The molecule has 1 saturated heterocycles. The zero-order chi connectivity index (χ0) is 20.0. The Bertz CT molecular complexity index is 1080. The van der Waals surface area contributed by atoms with Gasteiger partial charge in [-0.15, -0.1) is 10.2 Å². The van der Waals surface area contributed by atoms with E-state index in [0.29, 0.717) is 38.3 Å². The summed E-state index contributed by atoms with van der Waals surface area (Å²) in [5.41, 5.74) is 2.34. The molecule has 2 amide bonds. The molecule has 1 fully saturated rings. The summed E-state index contributed by atoms with van der Waals surface area (Å²) in [6.07, 6.45) is 3.21. The molecular weight excluding hydrogens is 370 g/mol. The minimum Gasteiger partial charge on any atom is -0.345 e. The van der Waals surface area contributed by atoms with E-state index in [2.05, 4.69) is 24.7 Å². The number of carbonyl (C=O) groups excluding carboxylic acids is 2. The molecule has 3 aromatic rings. The van der Waals surface area contributed by atoms with E-state index >= 15 is 0 Å². The van der Waals surface area contributed by atoms with Crippen LogP contribution in [-0.4, -0.2) is 72.5 Å². The maximum Gasteiger partial charge on any atom is 0.254 e. The molecule has 150 valence electrons. The van der Waals surface area contributed by atoms with Gasteiger partial charge in [0.2, 0.25) is 5.91 Å². The molecule has 0 bridgehead atoms. The number of rotatable bonds is 2. The third-order valence-electron chi connectivity index (χ3n) is 6.03. The molecule has 4 heterocycles. The molecule has 0 radical (unpaired) electrons. The summed E-state index contributed by atoms with van der Waals surface area (Å²) in [6.45, 7) is 4.82. The summed E-state index contributed by atoms with van der Waals surface area (Å²) in [4.78, 5) is 36.8. The van der Waals surface area contributed by atoms with Gasteiger partial charge in [-0.25, -0.2) is 4.98 Å². The number of amides is 2. The Labute approximate surface area is 167 Å². The number of hydrogen-bond donors (Lipinski definition) is 1. The lowest BCUT2D eigenvalue weighted by atomic mass is 9.97. The molecule has 9 heteroatoms.